The number of ether oxygens (including phenoxy) is 3. The highest BCUT2D eigenvalue weighted by molar-refractivity contribution is 6.35. The van der Waals surface area contributed by atoms with Crippen LogP contribution >= 0.6 is 23.2 Å². The number of hydrogen-bond donors (Lipinski definition) is 0. The molecule has 0 amide bonds. The van der Waals surface area contributed by atoms with Gasteiger partial charge in [0.15, 0.2) is 0 Å². The molecule has 3 aromatic rings. The van der Waals surface area contributed by atoms with E-state index in [0.717, 1.165) is 5.56 Å². The van der Waals surface area contributed by atoms with E-state index in [9.17, 15) is 9.59 Å². The van der Waals surface area contributed by atoms with Gasteiger partial charge in [0.1, 0.15) is 25.0 Å². The molecule has 30 heavy (non-hydrogen) atoms. The molecule has 0 spiro atoms. The monoisotopic (exact) mass is 445 g/mol. The number of allylic oxidation sites excluding steroid dienone is 1. The Hall–Kier alpha value is -3.36. The lowest BCUT2D eigenvalue weighted by Gasteiger charge is -2.15. The third kappa shape index (κ3) is 4.29. The first-order valence-corrected chi connectivity index (χ1v) is 9.42. The molecule has 2 aromatic carbocycles. The lowest BCUT2D eigenvalue weighted by molar-refractivity contribution is -0.150. The Bertz CT molecular complexity index is 1130. The molecule has 1 aliphatic heterocycles. The van der Waals surface area contributed by atoms with Crippen LogP contribution in [-0.4, -0.2) is 26.7 Å². The van der Waals surface area contributed by atoms with E-state index in [0.29, 0.717) is 26.9 Å². The minimum absolute atomic E-state index is 0.123. The van der Waals surface area contributed by atoms with Crippen molar-refractivity contribution in [3.63, 3.8) is 0 Å². The van der Waals surface area contributed by atoms with E-state index in [1.807, 2.05) is 0 Å². The number of carbonyl (C=O) groups is 2. The molecular weight excluding hydrogens is 433 g/mol. The van der Waals surface area contributed by atoms with Gasteiger partial charge in [-0.25, -0.2) is 19.3 Å². The number of aromatic nitrogens is 3. The fourth-order valence-corrected chi connectivity index (χ4v) is 3.23. The van der Waals surface area contributed by atoms with Crippen LogP contribution in [0.15, 0.2) is 61.1 Å². The molecule has 0 bridgehead atoms. The predicted octanol–water partition coefficient (Wildman–Crippen LogP) is 3.63. The van der Waals surface area contributed by atoms with Crippen LogP contribution in [0.5, 0.6) is 5.75 Å². The zero-order valence-corrected chi connectivity index (χ0v) is 16.8. The smallest absolute Gasteiger partial charge is 0.425 e. The van der Waals surface area contributed by atoms with Crippen LogP contribution in [0.4, 0.5) is 0 Å². The average molecular weight is 446 g/mol. The Morgan fingerprint density at radius 1 is 1.07 bits per heavy atom. The molecular formula is C20H13Cl2N3O5. The van der Waals surface area contributed by atoms with Gasteiger partial charge in [-0.1, -0.05) is 47.5 Å². The van der Waals surface area contributed by atoms with Gasteiger partial charge < -0.3 is 14.2 Å². The van der Waals surface area contributed by atoms with Crippen molar-refractivity contribution < 1.29 is 23.8 Å². The summed E-state index contributed by atoms with van der Waals surface area (Å²) in [5, 5.41) is 5.05. The number of esters is 2. The van der Waals surface area contributed by atoms with E-state index in [4.69, 9.17) is 37.4 Å². The lowest BCUT2D eigenvalue weighted by atomic mass is 10.1. The molecule has 10 heteroatoms. The van der Waals surface area contributed by atoms with Gasteiger partial charge in [0.25, 0.3) is 0 Å². The van der Waals surface area contributed by atoms with E-state index in [-0.39, 0.29) is 19.1 Å². The van der Waals surface area contributed by atoms with Crippen LogP contribution in [0, 0.1) is 0 Å². The standard InChI is InChI=1S/C20H13Cl2N3O5/c21-13-6-5-12(16(22)7-13)9-28-17-4-2-1-3-14(17)15(8-25-11-23-10-24-25)20-29-18(26)19(27)30-20/h1-7,10-11H,8-9H2. The number of nitrogens with zero attached hydrogens (tertiary/aromatic N) is 3. The minimum atomic E-state index is -1.09. The summed E-state index contributed by atoms with van der Waals surface area (Å²) in [6.45, 7) is 0.288. The molecule has 0 unspecified atom stereocenters. The van der Waals surface area contributed by atoms with Gasteiger partial charge in [0.2, 0.25) is 0 Å². The Labute approximate surface area is 180 Å². The van der Waals surface area contributed by atoms with Crippen LogP contribution in [0.3, 0.4) is 0 Å². The highest BCUT2D eigenvalue weighted by atomic mass is 35.5. The molecule has 0 N–H and O–H groups in total. The second-order valence-corrected chi connectivity index (χ2v) is 7.00. The summed E-state index contributed by atoms with van der Waals surface area (Å²) in [6.07, 6.45) is 2.84. The van der Waals surface area contributed by atoms with Crippen LogP contribution in [0.1, 0.15) is 11.1 Å². The summed E-state index contributed by atoms with van der Waals surface area (Å²) in [7, 11) is 0. The number of hydrogen-bond acceptors (Lipinski definition) is 7. The van der Waals surface area contributed by atoms with Gasteiger partial charge in [0.05, 0.1) is 12.1 Å². The Balaban J connectivity index is 1.68. The van der Waals surface area contributed by atoms with Crippen molar-refractivity contribution in [2.24, 2.45) is 0 Å². The van der Waals surface area contributed by atoms with Crippen molar-refractivity contribution >= 4 is 40.7 Å². The summed E-state index contributed by atoms with van der Waals surface area (Å²) < 4.78 is 17.5. The topological polar surface area (TPSA) is 92.5 Å². The van der Waals surface area contributed by atoms with Crippen molar-refractivity contribution in [1.82, 2.24) is 14.8 Å². The number of para-hydroxylation sites is 1. The Morgan fingerprint density at radius 2 is 1.83 bits per heavy atom. The van der Waals surface area contributed by atoms with Gasteiger partial charge in [-0.3, -0.25) is 0 Å². The van der Waals surface area contributed by atoms with Gasteiger partial charge in [-0.2, -0.15) is 5.10 Å². The highest BCUT2D eigenvalue weighted by Gasteiger charge is 2.34. The van der Waals surface area contributed by atoms with Crippen LogP contribution in [0.2, 0.25) is 10.0 Å². The zero-order chi connectivity index (χ0) is 21.1. The average Bonchev–Trinajstić information content (AvgIpc) is 3.35. The SMILES string of the molecule is O=C1OC(=C(Cn2cncn2)c2ccccc2OCc2ccc(Cl)cc2Cl)OC1=O. The van der Waals surface area contributed by atoms with Crippen LogP contribution in [-0.2, 0) is 32.2 Å². The Kier molecular flexibility index (Phi) is 5.69. The maximum Gasteiger partial charge on any atom is 0.425 e. The molecule has 4 rings (SSSR count). The first kappa shape index (κ1) is 19.9. The van der Waals surface area contributed by atoms with Crippen molar-refractivity contribution in [1.29, 1.82) is 0 Å². The molecule has 8 nitrogen and oxygen atoms in total. The van der Waals surface area contributed by atoms with Crippen LogP contribution in [0.25, 0.3) is 5.57 Å². The Morgan fingerprint density at radius 3 is 2.53 bits per heavy atom. The summed E-state index contributed by atoms with van der Waals surface area (Å²) in [5.74, 6) is -1.94. The molecule has 0 atom stereocenters. The van der Waals surface area contributed by atoms with E-state index in [2.05, 4.69) is 10.1 Å². The van der Waals surface area contributed by atoms with Crippen LogP contribution < -0.4 is 4.74 Å². The molecule has 0 saturated carbocycles. The summed E-state index contributed by atoms with van der Waals surface area (Å²) in [4.78, 5) is 27.0. The second-order valence-electron chi connectivity index (χ2n) is 6.16. The normalized spacial score (nSPS) is 13.2. The maximum absolute atomic E-state index is 11.6. The van der Waals surface area contributed by atoms with Gasteiger partial charge >= 0.3 is 17.9 Å². The largest absolute Gasteiger partial charge is 0.488 e. The number of cyclic esters (lactones) is 2. The number of benzene rings is 2. The van der Waals surface area contributed by atoms with E-state index in [1.165, 1.54) is 17.3 Å². The fourth-order valence-electron chi connectivity index (χ4n) is 2.77. The molecule has 152 valence electrons. The van der Waals surface area contributed by atoms with E-state index < -0.39 is 11.9 Å². The molecule has 2 heterocycles. The predicted molar refractivity (Wildman–Crippen MR) is 106 cm³/mol. The quantitative estimate of drug-likeness (QED) is 0.422. The molecule has 1 saturated heterocycles. The highest BCUT2D eigenvalue weighted by Crippen LogP contribution is 2.33. The van der Waals surface area contributed by atoms with Gasteiger partial charge in [-0.15, -0.1) is 0 Å². The van der Waals surface area contributed by atoms with Gasteiger partial charge in [0, 0.05) is 21.2 Å². The first-order chi connectivity index (χ1) is 14.5. The second kappa shape index (κ2) is 8.56. The molecule has 1 aromatic heterocycles. The third-order valence-electron chi connectivity index (χ3n) is 4.18. The maximum atomic E-state index is 11.6. The van der Waals surface area contributed by atoms with Crippen molar-refractivity contribution in [3.05, 3.63) is 82.2 Å². The lowest BCUT2D eigenvalue weighted by Crippen LogP contribution is -2.07. The van der Waals surface area contributed by atoms with E-state index in [1.54, 1.807) is 42.5 Å². The summed E-state index contributed by atoms with van der Waals surface area (Å²) in [6, 6.07) is 12.2. The molecule has 0 radical (unpaired) electrons. The molecule has 1 fully saturated rings. The third-order valence-corrected chi connectivity index (χ3v) is 4.77. The summed E-state index contributed by atoms with van der Waals surface area (Å²) >= 11 is 12.2. The molecule has 1 aliphatic rings. The van der Waals surface area contributed by atoms with Gasteiger partial charge in [-0.05, 0) is 18.2 Å². The number of carbonyl (C=O) groups excluding carboxylic acids is 2. The first-order valence-electron chi connectivity index (χ1n) is 8.67. The fraction of sp³-hybridized carbons (Fsp3) is 0.100. The summed E-state index contributed by atoms with van der Waals surface area (Å²) in [5.41, 5.74) is 1.67. The van der Waals surface area contributed by atoms with Crippen molar-refractivity contribution in [3.8, 4) is 5.75 Å². The molecule has 0 aliphatic carbocycles. The number of halogens is 2. The van der Waals surface area contributed by atoms with E-state index >= 15 is 0 Å². The minimum Gasteiger partial charge on any atom is -0.488 e. The van der Waals surface area contributed by atoms with Crippen molar-refractivity contribution in [2.75, 3.05) is 0 Å². The van der Waals surface area contributed by atoms with Crippen molar-refractivity contribution in [2.45, 2.75) is 13.2 Å². The number of rotatable bonds is 6. The zero-order valence-electron chi connectivity index (χ0n) is 15.2.